The number of hydrogen-bond donors (Lipinski definition) is 1. The summed E-state index contributed by atoms with van der Waals surface area (Å²) in [4.78, 5) is 2.62. The van der Waals surface area contributed by atoms with Gasteiger partial charge in [0, 0.05) is 16.5 Å². The third kappa shape index (κ3) is 2.86. The average molecular weight is 198 g/mol. The van der Waals surface area contributed by atoms with Crippen LogP contribution in [-0.2, 0) is 6.42 Å². The van der Waals surface area contributed by atoms with Crippen LogP contribution in [0.4, 0.5) is 0 Å². The van der Waals surface area contributed by atoms with E-state index in [1.807, 2.05) is 0 Å². The molecule has 13 heavy (non-hydrogen) atoms. The van der Waals surface area contributed by atoms with E-state index >= 15 is 0 Å². The molecule has 0 atom stereocenters. The van der Waals surface area contributed by atoms with Gasteiger partial charge in [0.2, 0.25) is 0 Å². The summed E-state index contributed by atoms with van der Waals surface area (Å²) >= 11 is 5.64. The van der Waals surface area contributed by atoms with Gasteiger partial charge in [-0.15, -0.1) is 0 Å². The van der Waals surface area contributed by atoms with Crippen LogP contribution in [0.2, 0.25) is 5.02 Å². The smallest absolute Gasteiger partial charge is 0.120 e. The maximum atomic E-state index is 9.37. The van der Waals surface area contributed by atoms with Gasteiger partial charge in [-0.2, -0.15) is 0 Å². The van der Waals surface area contributed by atoms with E-state index in [1.165, 1.54) is 6.07 Å². The topological polar surface area (TPSA) is 69.0 Å². The highest BCUT2D eigenvalue weighted by Crippen LogP contribution is 2.22. The number of azide groups is 1. The molecule has 5 heteroatoms. The van der Waals surface area contributed by atoms with Crippen LogP contribution in [0.5, 0.6) is 5.75 Å². The monoisotopic (exact) mass is 197 g/mol. The van der Waals surface area contributed by atoms with E-state index in [2.05, 4.69) is 10.0 Å². The first-order chi connectivity index (χ1) is 6.24. The average Bonchev–Trinajstić information content (AvgIpc) is 2.09. The van der Waals surface area contributed by atoms with Crippen molar-refractivity contribution in [3.63, 3.8) is 0 Å². The molecule has 1 aromatic rings. The molecule has 0 heterocycles. The van der Waals surface area contributed by atoms with Crippen LogP contribution in [0.15, 0.2) is 23.3 Å². The summed E-state index contributed by atoms with van der Waals surface area (Å²) in [5.41, 5.74) is 8.77. The number of benzene rings is 1. The van der Waals surface area contributed by atoms with Gasteiger partial charge in [0.25, 0.3) is 0 Å². The van der Waals surface area contributed by atoms with Gasteiger partial charge < -0.3 is 5.11 Å². The molecule has 0 radical (unpaired) electrons. The molecule has 0 aromatic heterocycles. The van der Waals surface area contributed by atoms with Gasteiger partial charge in [-0.3, -0.25) is 0 Å². The number of phenolic OH excluding ortho intramolecular Hbond substituents is 1. The van der Waals surface area contributed by atoms with Crippen LogP contribution in [0.3, 0.4) is 0 Å². The van der Waals surface area contributed by atoms with Crippen LogP contribution in [0.1, 0.15) is 5.56 Å². The molecule has 0 aliphatic heterocycles. The highest BCUT2D eigenvalue weighted by Gasteiger charge is 2.00. The second kappa shape index (κ2) is 4.60. The molecule has 1 aromatic carbocycles. The van der Waals surface area contributed by atoms with Gasteiger partial charge >= 0.3 is 0 Å². The third-order valence-electron chi connectivity index (χ3n) is 1.59. The zero-order valence-corrected chi connectivity index (χ0v) is 7.57. The Morgan fingerprint density at radius 3 is 2.92 bits per heavy atom. The molecule has 0 amide bonds. The standard InChI is InChI=1S/C8H8ClN3O/c9-7-2-1-6(8(13)5-7)3-4-11-12-10/h1-2,5,13H,3-4H2. The lowest BCUT2D eigenvalue weighted by molar-refractivity contribution is 0.468. The molecule has 0 saturated heterocycles. The third-order valence-corrected chi connectivity index (χ3v) is 1.83. The molecule has 1 N–H and O–H groups in total. The fourth-order valence-corrected chi connectivity index (χ4v) is 1.13. The number of phenols is 1. The number of aromatic hydroxyl groups is 1. The van der Waals surface area contributed by atoms with E-state index in [0.717, 1.165) is 5.56 Å². The fraction of sp³-hybridized carbons (Fsp3) is 0.250. The molecule has 0 bridgehead atoms. The number of rotatable bonds is 3. The van der Waals surface area contributed by atoms with E-state index < -0.39 is 0 Å². The Kier molecular flexibility index (Phi) is 3.43. The van der Waals surface area contributed by atoms with Crippen LogP contribution in [0, 0.1) is 0 Å². The van der Waals surface area contributed by atoms with Crippen molar-refractivity contribution in [2.45, 2.75) is 6.42 Å². The maximum absolute atomic E-state index is 9.37. The number of halogens is 1. The van der Waals surface area contributed by atoms with Gasteiger partial charge in [-0.25, -0.2) is 0 Å². The van der Waals surface area contributed by atoms with E-state index in [-0.39, 0.29) is 5.75 Å². The van der Waals surface area contributed by atoms with E-state index in [4.69, 9.17) is 17.1 Å². The Bertz CT molecular complexity index is 347. The van der Waals surface area contributed by atoms with Crippen LogP contribution >= 0.6 is 11.6 Å². The summed E-state index contributed by atoms with van der Waals surface area (Å²) in [6.07, 6.45) is 0.521. The predicted molar refractivity (Wildman–Crippen MR) is 50.8 cm³/mol. The van der Waals surface area contributed by atoms with Crippen molar-refractivity contribution in [2.24, 2.45) is 5.11 Å². The van der Waals surface area contributed by atoms with Crippen molar-refractivity contribution < 1.29 is 5.11 Å². The number of nitrogens with zero attached hydrogens (tertiary/aromatic N) is 3. The number of hydrogen-bond acceptors (Lipinski definition) is 2. The predicted octanol–water partition coefficient (Wildman–Crippen LogP) is 2.90. The molecular weight excluding hydrogens is 190 g/mol. The summed E-state index contributed by atoms with van der Waals surface area (Å²) in [7, 11) is 0. The SMILES string of the molecule is [N-]=[N+]=NCCc1ccc(Cl)cc1O. The van der Waals surface area contributed by atoms with Gasteiger partial charge in [-0.05, 0) is 29.6 Å². The van der Waals surface area contributed by atoms with E-state index in [0.29, 0.717) is 18.0 Å². The highest BCUT2D eigenvalue weighted by atomic mass is 35.5. The summed E-state index contributed by atoms with van der Waals surface area (Å²) in [5, 5.41) is 13.2. The largest absolute Gasteiger partial charge is 0.508 e. The Balaban J connectivity index is 2.71. The Hall–Kier alpha value is -1.38. The lowest BCUT2D eigenvalue weighted by Gasteiger charge is -2.01. The Labute approximate surface area is 80.4 Å². The quantitative estimate of drug-likeness (QED) is 0.452. The van der Waals surface area contributed by atoms with Gasteiger partial charge in [-0.1, -0.05) is 22.8 Å². The molecule has 0 aliphatic rings. The molecule has 68 valence electrons. The zero-order chi connectivity index (χ0) is 9.68. The maximum Gasteiger partial charge on any atom is 0.120 e. The lowest BCUT2D eigenvalue weighted by Crippen LogP contribution is -1.88. The normalized spacial score (nSPS) is 9.31. The molecule has 4 nitrogen and oxygen atoms in total. The van der Waals surface area contributed by atoms with Crippen molar-refractivity contribution in [1.29, 1.82) is 0 Å². The Morgan fingerprint density at radius 1 is 1.54 bits per heavy atom. The second-order valence-electron chi connectivity index (χ2n) is 2.48. The minimum absolute atomic E-state index is 0.139. The molecule has 0 aliphatic carbocycles. The molecule has 0 fully saturated rings. The van der Waals surface area contributed by atoms with Crippen molar-refractivity contribution in [3.05, 3.63) is 39.2 Å². The first-order valence-corrected chi connectivity index (χ1v) is 4.10. The second-order valence-corrected chi connectivity index (χ2v) is 2.91. The van der Waals surface area contributed by atoms with E-state index in [1.54, 1.807) is 12.1 Å². The zero-order valence-electron chi connectivity index (χ0n) is 6.81. The molecule has 0 unspecified atom stereocenters. The summed E-state index contributed by atoms with van der Waals surface area (Å²) in [6.45, 7) is 0.339. The molecule has 1 rings (SSSR count). The van der Waals surface area contributed by atoms with Crippen LogP contribution < -0.4 is 0 Å². The first-order valence-electron chi connectivity index (χ1n) is 3.72. The first kappa shape index (κ1) is 9.71. The Morgan fingerprint density at radius 2 is 2.31 bits per heavy atom. The summed E-state index contributed by atoms with van der Waals surface area (Å²) in [6, 6.07) is 4.87. The van der Waals surface area contributed by atoms with Crippen molar-refractivity contribution in [2.75, 3.05) is 6.54 Å². The van der Waals surface area contributed by atoms with Crippen LogP contribution in [0.25, 0.3) is 10.4 Å². The van der Waals surface area contributed by atoms with Crippen molar-refractivity contribution in [1.82, 2.24) is 0 Å². The summed E-state index contributed by atoms with van der Waals surface area (Å²) in [5.74, 6) is 0.139. The van der Waals surface area contributed by atoms with Crippen LogP contribution in [-0.4, -0.2) is 11.7 Å². The van der Waals surface area contributed by atoms with E-state index in [9.17, 15) is 5.11 Å². The fourth-order valence-electron chi connectivity index (χ4n) is 0.964. The lowest BCUT2D eigenvalue weighted by atomic mass is 10.1. The minimum atomic E-state index is 0.139. The van der Waals surface area contributed by atoms with Gasteiger partial charge in [0.05, 0.1) is 0 Å². The van der Waals surface area contributed by atoms with Gasteiger partial charge in [0.1, 0.15) is 5.75 Å². The van der Waals surface area contributed by atoms with Gasteiger partial charge in [0.15, 0.2) is 0 Å². The van der Waals surface area contributed by atoms with Crippen molar-refractivity contribution >= 4 is 11.6 Å². The minimum Gasteiger partial charge on any atom is -0.508 e. The van der Waals surface area contributed by atoms with Crippen molar-refractivity contribution in [3.8, 4) is 5.75 Å². The summed E-state index contributed by atoms with van der Waals surface area (Å²) < 4.78 is 0. The molecule has 0 spiro atoms. The highest BCUT2D eigenvalue weighted by molar-refractivity contribution is 6.30. The molecular formula is C8H8ClN3O. The molecule has 0 saturated carbocycles.